The lowest BCUT2D eigenvalue weighted by atomic mass is 10.0. The zero-order valence-corrected chi connectivity index (χ0v) is 11.8. The van der Waals surface area contributed by atoms with Gasteiger partial charge in [0.2, 0.25) is 0 Å². The summed E-state index contributed by atoms with van der Waals surface area (Å²) in [6.45, 7) is 4.27. The maximum atomic E-state index is 12.1. The molecule has 2 rings (SSSR count). The van der Waals surface area contributed by atoms with Crippen LogP contribution in [0.25, 0.3) is 0 Å². The molecule has 0 fully saturated rings. The second-order valence-electron chi connectivity index (χ2n) is 4.60. The minimum atomic E-state index is 0.0902. The molecule has 0 saturated carbocycles. The zero-order chi connectivity index (χ0) is 13.8. The number of hydrogen-bond acceptors (Lipinski definition) is 2. The Bertz CT molecular complexity index is 590. The topological polar surface area (TPSA) is 29.1 Å². The summed E-state index contributed by atoms with van der Waals surface area (Å²) in [4.78, 5) is 12.1. The van der Waals surface area contributed by atoms with Gasteiger partial charge < -0.3 is 5.32 Å². The van der Waals surface area contributed by atoms with E-state index in [1.54, 1.807) is 12.1 Å². The minimum absolute atomic E-state index is 0.0902. The van der Waals surface area contributed by atoms with Crippen LogP contribution in [0.1, 0.15) is 21.5 Å². The molecule has 19 heavy (non-hydrogen) atoms. The average molecular weight is 274 g/mol. The molecule has 0 aliphatic rings. The number of Topliss-reactive ketones (excluding diaryl/α,β-unsaturated/α-hetero) is 1. The first kappa shape index (κ1) is 13.6. The van der Waals surface area contributed by atoms with Crippen molar-refractivity contribution in [2.45, 2.75) is 13.8 Å². The van der Waals surface area contributed by atoms with Crippen LogP contribution in [0.2, 0.25) is 5.02 Å². The monoisotopic (exact) mass is 273 g/mol. The van der Waals surface area contributed by atoms with Gasteiger partial charge in [-0.2, -0.15) is 0 Å². The third-order valence-electron chi connectivity index (χ3n) is 2.98. The molecule has 0 amide bonds. The van der Waals surface area contributed by atoms with Crippen molar-refractivity contribution in [2.24, 2.45) is 0 Å². The number of benzene rings is 2. The molecule has 0 radical (unpaired) electrons. The van der Waals surface area contributed by atoms with E-state index >= 15 is 0 Å². The van der Waals surface area contributed by atoms with E-state index in [0.717, 1.165) is 16.8 Å². The van der Waals surface area contributed by atoms with Gasteiger partial charge in [0.15, 0.2) is 5.78 Å². The Kier molecular flexibility index (Phi) is 4.23. The van der Waals surface area contributed by atoms with Crippen molar-refractivity contribution >= 4 is 23.1 Å². The van der Waals surface area contributed by atoms with Crippen LogP contribution in [-0.4, -0.2) is 12.3 Å². The van der Waals surface area contributed by atoms with Crippen molar-refractivity contribution in [1.29, 1.82) is 0 Å². The van der Waals surface area contributed by atoms with Gasteiger partial charge >= 0.3 is 0 Å². The molecule has 0 aliphatic heterocycles. The van der Waals surface area contributed by atoms with E-state index in [4.69, 9.17) is 11.6 Å². The summed E-state index contributed by atoms with van der Waals surface area (Å²) in [5, 5.41) is 3.79. The molecule has 0 bridgehead atoms. The predicted molar refractivity (Wildman–Crippen MR) is 80.2 cm³/mol. The SMILES string of the molecule is Cc1ccc(C(=O)CNc2ccc(Cl)cc2)c(C)c1. The van der Waals surface area contributed by atoms with Crippen LogP contribution in [0, 0.1) is 13.8 Å². The molecule has 2 aromatic carbocycles. The number of carbonyl (C=O) groups excluding carboxylic acids is 1. The number of aryl methyl sites for hydroxylation is 2. The summed E-state index contributed by atoms with van der Waals surface area (Å²) >= 11 is 5.81. The molecule has 0 aliphatic carbocycles. The highest BCUT2D eigenvalue weighted by molar-refractivity contribution is 6.30. The van der Waals surface area contributed by atoms with Gasteiger partial charge in [-0.05, 0) is 43.7 Å². The van der Waals surface area contributed by atoms with E-state index in [9.17, 15) is 4.79 Å². The molecular weight excluding hydrogens is 258 g/mol. The van der Waals surface area contributed by atoms with Crippen LogP contribution < -0.4 is 5.32 Å². The lowest BCUT2D eigenvalue weighted by molar-refractivity contribution is 0.101. The normalized spacial score (nSPS) is 10.3. The predicted octanol–water partition coefficient (Wildman–Crippen LogP) is 4.25. The quantitative estimate of drug-likeness (QED) is 0.844. The molecule has 0 spiro atoms. The largest absolute Gasteiger partial charge is 0.378 e. The number of carbonyl (C=O) groups is 1. The van der Waals surface area contributed by atoms with Crippen LogP contribution >= 0.6 is 11.6 Å². The second-order valence-corrected chi connectivity index (χ2v) is 5.04. The van der Waals surface area contributed by atoms with Crippen LogP contribution in [0.5, 0.6) is 0 Å². The molecule has 2 aromatic rings. The van der Waals surface area contributed by atoms with Gasteiger partial charge in [0.25, 0.3) is 0 Å². The first-order valence-electron chi connectivity index (χ1n) is 6.16. The van der Waals surface area contributed by atoms with E-state index < -0.39 is 0 Å². The fourth-order valence-corrected chi connectivity index (χ4v) is 2.10. The first-order chi connectivity index (χ1) is 9.06. The molecule has 0 saturated heterocycles. The number of anilines is 1. The van der Waals surface area contributed by atoms with Crippen LogP contribution in [0.4, 0.5) is 5.69 Å². The fourth-order valence-electron chi connectivity index (χ4n) is 1.97. The lowest BCUT2D eigenvalue weighted by Gasteiger charge is -2.08. The number of ketones is 1. The Labute approximate surface area is 118 Å². The van der Waals surface area contributed by atoms with E-state index in [2.05, 4.69) is 5.32 Å². The highest BCUT2D eigenvalue weighted by atomic mass is 35.5. The number of nitrogens with one attached hydrogen (secondary N) is 1. The Balaban J connectivity index is 2.03. The second kappa shape index (κ2) is 5.89. The van der Waals surface area contributed by atoms with Gasteiger partial charge in [-0.1, -0.05) is 35.4 Å². The Hall–Kier alpha value is -1.80. The highest BCUT2D eigenvalue weighted by Gasteiger charge is 2.08. The molecule has 0 atom stereocenters. The summed E-state index contributed by atoms with van der Waals surface area (Å²) < 4.78 is 0. The molecule has 98 valence electrons. The Morgan fingerprint density at radius 3 is 2.42 bits per heavy atom. The molecule has 0 heterocycles. The number of halogens is 1. The highest BCUT2D eigenvalue weighted by Crippen LogP contribution is 2.15. The number of rotatable bonds is 4. The molecular formula is C16H16ClNO. The smallest absolute Gasteiger partial charge is 0.182 e. The van der Waals surface area contributed by atoms with Crippen molar-refractivity contribution in [1.82, 2.24) is 0 Å². The molecule has 3 heteroatoms. The minimum Gasteiger partial charge on any atom is -0.378 e. The summed E-state index contributed by atoms with van der Waals surface area (Å²) in [6, 6.07) is 13.2. The van der Waals surface area contributed by atoms with E-state index in [1.165, 1.54) is 5.56 Å². The molecule has 1 N–H and O–H groups in total. The van der Waals surface area contributed by atoms with Crippen molar-refractivity contribution in [3.05, 3.63) is 64.2 Å². The molecule has 2 nitrogen and oxygen atoms in total. The van der Waals surface area contributed by atoms with Gasteiger partial charge in [-0.3, -0.25) is 4.79 Å². The third kappa shape index (κ3) is 3.58. The van der Waals surface area contributed by atoms with Crippen molar-refractivity contribution in [3.63, 3.8) is 0 Å². The van der Waals surface area contributed by atoms with Crippen molar-refractivity contribution < 1.29 is 4.79 Å². The molecule has 0 unspecified atom stereocenters. The maximum Gasteiger partial charge on any atom is 0.182 e. The summed E-state index contributed by atoms with van der Waals surface area (Å²) in [6.07, 6.45) is 0. The maximum absolute atomic E-state index is 12.1. The summed E-state index contributed by atoms with van der Waals surface area (Å²) in [5.41, 5.74) is 3.84. The summed E-state index contributed by atoms with van der Waals surface area (Å²) in [5.74, 6) is 0.0902. The standard InChI is InChI=1S/C16H16ClNO/c1-11-3-8-15(12(2)9-11)16(19)10-18-14-6-4-13(17)5-7-14/h3-9,18H,10H2,1-2H3. The van der Waals surface area contributed by atoms with Gasteiger partial charge in [0.05, 0.1) is 6.54 Å². The number of hydrogen-bond donors (Lipinski definition) is 1. The Morgan fingerprint density at radius 1 is 1.11 bits per heavy atom. The van der Waals surface area contributed by atoms with Gasteiger partial charge in [0, 0.05) is 16.3 Å². The first-order valence-corrected chi connectivity index (χ1v) is 6.54. The van der Waals surface area contributed by atoms with Gasteiger partial charge in [0.1, 0.15) is 0 Å². The molecule has 0 aromatic heterocycles. The van der Waals surface area contributed by atoms with Gasteiger partial charge in [-0.15, -0.1) is 0 Å². The zero-order valence-electron chi connectivity index (χ0n) is 11.0. The average Bonchev–Trinajstić information content (AvgIpc) is 2.37. The summed E-state index contributed by atoms with van der Waals surface area (Å²) in [7, 11) is 0. The lowest BCUT2D eigenvalue weighted by Crippen LogP contribution is -2.15. The van der Waals surface area contributed by atoms with E-state index in [0.29, 0.717) is 5.02 Å². The van der Waals surface area contributed by atoms with Crippen LogP contribution in [0.3, 0.4) is 0 Å². The van der Waals surface area contributed by atoms with E-state index in [1.807, 2.05) is 44.2 Å². The van der Waals surface area contributed by atoms with Crippen molar-refractivity contribution in [3.8, 4) is 0 Å². The third-order valence-corrected chi connectivity index (χ3v) is 3.23. The van der Waals surface area contributed by atoms with E-state index in [-0.39, 0.29) is 12.3 Å². The van der Waals surface area contributed by atoms with Gasteiger partial charge in [-0.25, -0.2) is 0 Å². The fraction of sp³-hybridized carbons (Fsp3) is 0.188. The van der Waals surface area contributed by atoms with Crippen LogP contribution in [-0.2, 0) is 0 Å². The Morgan fingerprint density at radius 2 is 1.79 bits per heavy atom. The van der Waals surface area contributed by atoms with Crippen molar-refractivity contribution in [2.75, 3.05) is 11.9 Å². The van der Waals surface area contributed by atoms with Crippen LogP contribution in [0.15, 0.2) is 42.5 Å².